The lowest BCUT2D eigenvalue weighted by Gasteiger charge is -2.19. The summed E-state index contributed by atoms with van der Waals surface area (Å²) in [5.41, 5.74) is 2.84. The number of carbonyl (C=O) groups excluding carboxylic acids is 1. The molecule has 0 saturated carbocycles. The van der Waals surface area contributed by atoms with Gasteiger partial charge in [0.05, 0.1) is 22.9 Å². The van der Waals surface area contributed by atoms with Gasteiger partial charge in [-0.1, -0.05) is 56.6 Å². The van der Waals surface area contributed by atoms with Crippen LogP contribution in [0.1, 0.15) is 54.0 Å². The minimum absolute atomic E-state index is 0.0334. The molecule has 0 saturated heterocycles. The van der Waals surface area contributed by atoms with Gasteiger partial charge in [-0.3, -0.25) is 4.79 Å². The number of hydrogen-bond donors (Lipinski definition) is 2. The number of ether oxygens (including phenoxy) is 1. The van der Waals surface area contributed by atoms with Crippen LogP contribution < -0.4 is 10.1 Å². The van der Waals surface area contributed by atoms with Crippen molar-refractivity contribution in [1.82, 2.24) is 0 Å². The van der Waals surface area contributed by atoms with Crippen LogP contribution in [0.2, 0.25) is 5.02 Å². The van der Waals surface area contributed by atoms with E-state index in [-0.39, 0.29) is 16.7 Å². The zero-order valence-corrected chi connectivity index (χ0v) is 19.3. The number of carbonyl (C=O) groups is 2. The molecule has 2 N–H and O–H groups in total. The van der Waals surface area contributed by atoms with Crippen LogP contribution in [0.4, 0.5) is 5.69 Å². The van der Waals surface area contributed by atoms with Gasteiger partial charge in [-0.2, -0.15) is 0 Å². The maximum atomic E-state index is 12.8. The van der Waals surface area contributed by atoms with E-state index in [9.17, 15) is 14.7 Å². The van der Waals surface area contributed by atoms with Gasteiger partial charge < -0.3 is 15.2 Å². The largest absolute Gasteiger partial charge is 0.494 e. The molecule has 0 fully saturated rings. The first-order valence-electron chi connectivity index (χ1n) is 10.3. The number of rotatable bonds is 6. The van der Waals surface area contributed by atoms with E-state index in [4.69, 9.17) is 16.3 Å². The van der Waals surface area contributed by atoms with Crippen LogP contribution in [-0.2, 0) is 5.41 Å². The lowest BCUT2D eigenvalue weighted by Crippen LogP contribution is -2.16. The Labute approximate surface area is 193 Å². The fraction of sp³-hybridized carbons (Fsp3) is 0.231. The molecule has 166 valence electrons. The quantitative estimate of drug-likeness (QED) is 0.439. The average molecular weight is 452 g/mol. The summed E-state index contributed by atoms with van der Waals surface area (Å²) in [6.07, 6.45) is 0. The summed E-state index contributed by atoms with van der Waals surface area (Å²) in [5, 5.41) is 12.8. The molecule has 0 spiro atoms. The van der Waals surface area contributed by atoms with Crippen molar-refractivity contribution < 1.29 is 19.4 Å². The minimum atomic E-state index is -1.16. The number of anilines is 1. The van der Waals surface area contributed by atoms with Gasteiger partial charge in [-0.15, -0.1) is 0 Å². The first-order chi connectivity index (χ1) is 15.1. The van der Waals surface area contributed by atoms with Crippen molar-refractivity contribution in [3.8, 4) is 16.9 Å². The number of hydrogen-bond acceptors (Lipinski definition) is 3. The zero-order chi connectivity index (χ0) is 23.5. The molecule has 0 bridgehead atoms. The van der Waals surface area contributed by atoms with Crippen molar-refractivity contribution in [2.75, 3.05) is 11.9 Å². The van der Waals surface area contributed by atoms with Crippen LogP contribution in [0.15, 0.2) is 60.7 Å². The van der Waals surface area contributed by atoms with Crippen LogP contribution in [0.25, 0.3) is 11.1 Å². The molecule has 0 unspecified atom stereocenters. The van der Waals surface area contributed by atoms with Crippen LogP contribution in [0, 0.1) is 0 Å². The molecule has 0 aliphatic rings. The van der Waals surface area contributed by atoms with E-state index in [1.54, 1.807) is 18.2 Å². The number of benzene rings is 3. The Morgan fingerprint density at radius 1 is 1.03 bits per heavy atom. The van der Waals surface area contributed by atoms with E-state index in [2.05, 4.69) is 26.1 Å². The molecule has 3 aromatic rings. The summed E-state index contributed by atoms with van der Waals surface area (Å²) in [5.74, 6) is -0.911. The Morgan fingerprint density at radius 3 is 2.31 bits per heavy atom. The van der Waals surface area contributed by atoms with E-state index >= 15 is 0 Å². The Bertz CT molecular complexity index is 1150. The first-order valence-corrected chi connectivity index (χ1v) is 10.7. The maximum absolute atomic E-state index is 12.8. The Balaban J connectivity index is 1.94. The predicted molar refractivity (Wildman–Crippen MR) is 128 cm³/mol. The van der Waals surface area contributed by atoms with Crippen molar-refractivity contribution in [2.45, 2.75) is 33.1 Å². The highest BCUT2D eigenvalue weighted by atomic mass is 35.5. The third-order valence-electron chi connectivity index (χ3n) is 5.05. The van der Waals surface area contributed by atoms with E-state index in [1.165, 1.54) is 12.1 Å². The predicted octanol–water partition coefficient (Wildman–Crippen LogP) is 6.65. The number of carboxylic acid groups (broad SMARTS) is 1. The molecule has 3 aromatic carbocycles. The van der Waals surface area contributed by atoms with Crippen molar-refractivity contribution in [2.24, 2.45) is 0 Å². The monoisotopic (exact) mass is 451 g/mol. The van der Waals surface area contributed by atoms with Gasteiger partial charge in [0.2, 0.25) is 0 Å². The van der Waals surface area contributed by atoms with Crippen molar-refractivity contribution in [3.05, 3.63) is 82.4 Å². The summed E-state index contributed by atoms with van der Waals surface area (Å²) in [4.78, 5) is 24.7. The molecular weight excluding hydrogens is 426 g/mol. The molecule has 0 heterocycles. The van der Waals surface area contributed by atoms with Crippen molar-refractivity contribution in [1.29, 1.82) is 0 Å². The highest BCUT2D eigenvalue weighted by molar-refractivity contribution is 6.34. The SMILES string of the molecule is CCOc1cccc(-c2cc(C(=O)O)c(NC(=O)c3ccc(C(C)(C)C)cc3)cc2Cl)c1. The van der Waals surface area contributed by atoms with Gasteiger partial charge in [-0.25, -0.2) is 4.79 Å². The molecule has 6 heteroatoms. The molecule has 0 aromatic heterocycles. The maximum Gasteiger partial charge on any atom is 0.337 e. The lowest BCUT2D eigenvalue weighted by molar-refractivity contribution is 0.0698. The smallest absolute Gasteiger partial charge is 0.337 e. The van der Waals surface area contributed by atoms with Gasteiger partial charge in [0.15, 0.2) is 0 Å². The first kappa shape index (κ1) is 23.4. The summed E-state index contributed by atoms with van der Waals surface area (Å²) < 4.78 is 5.52. The van der Waals surface area contributed by atoms with Crippen molar-refractivity contribution in [3.63, 3.8) is 0 Å². The molecule has 0 aliphatic carbocycles. The Hall–Kier alpha value is -3.31. The number of amides is 1. The van der Waals surface area contributed by atoms with Crippen LogP contribution in [0.5, 0.6) is 5.75 Å². The molecular formula is C26H26ClNO4. The van der Waals surface area contributed by atoms with Crippen molar-refractivity contribution >= 4 is 29.2 Å². The number of carboxylic acids is 1. The van der Waals surface area contributed by atoms with Crippen LogP contribution in [0.3, 0.4) is 0 Å². The topological polar surface area (TPSA) is 75.6 Å². The van der Waals surface area contributed by atoms with E-state index in [1.807, 2.05) is 37.3 Å². The lowest BCUT2D eigenvalue weighted by atomic mass is 9.86. The van der Waals surface area contributed by atoms with Gasteiger partial charge in [0, 0.05) is 11.1 Å². The summed E-state index contributed by atoms with van der Waals surface area (Å²) in [6, 6.07) is 17.4. The van der Waals surface area contributed by atoms with E-state index in [0.717, 1.165) is 11.1 Å². The molecule has 5 nitrogen and oxygen atoms in total. The van der Waals surface area contributed by atoms with Crippen LogP contribution >= 0.6 is 11.6 Å². The highest BCUT2D eigenvalue weighted by Crippen LogP contribution is 2.35. The molecule has 0 atom stereocenters. The molecule has 1 amide bonds. The Morgan fingerprint density at radius 2 is 1.72 bits per heavy atom. The highest BCUT2D eigenvalue weighted by Gasteiger charge is 2.19. The third kappa shape index (κ3) is 5.29. The normalized spacial score (nSPS) is 11.2. The fourth-order valence-corrected chi connectivity index (χ4v) is 3.58. The second-order valence-corrected chi connectivity index (χ2v) is 8.83. The Kier molecular flexibility index (Phi) is 6.90. The van der Waals surface area contributed by atoms with Gasteiger partial charge >= 0.3 is 5.97 Å². The van der Waals surface area contributed by atoms with Gasteiger partial charge in [0.1, 0.15) is 5.75 Å². The standard InChI is InChI=1S/C26H26ClNO4/c1-5-32-19-8-6-7-17(13-19)20-14-21(25(30)31)23(15-22(20)27)28-24(29)16-9-11-18(12-10-16)26(2,3)4/h6-15H,5H2,1-4H3,(H,28,29)(H,30,31). The summed E-state index contributed by atoms with van der Waals surface area (Å²) >= 11 is 6.49. The molecule has 3 rings (SSSR count). The molecule has 0 aliphatic heterocycles. The minimum Gasteiger partial charge on any atom is -0.494 e. The summed E-state index contributed by atoms with van der Waals surface area (Å²) in [6.45, 7) is 8.67. The third-order valence-corrected chi connectivity index (χ3v) is 5.37. The number of aromatic carboxylic acids is 1. The fourth-order valence-electron chi connectivity index (χ4n) is 3.31. The number of nitrogens with one attached hydrogen (secondary N) is 1. The molecule has 0 radical (unpaired) electrons. The zero-order valence-electron chi connectivity index (χ0n) is 18.5. The van der Waals surface area contributed by atoms with Crippen LogP contribution in [-0.4, -0.2) is 23.6 Å². The number of halogens is 1. The summed E-state index contributed by atoms with van der Waals surface area (Å²) in [7, 11) is 0. The second-order valence-electron chi connectivity index (χ2n) is 8.43. The van der Waals surface area contributed by atoms with Gasteiger partial charge in [-0.05, 0) is 59.9 Å². The molecule has 32 heavy (non-hydrogen) atoms. The van der Waals surface area contributed by atoms with E-state index in [0.29, 0.717) is 28.5 Å². The van der Waals surface area contributed by atoms with E-state index < -0.39 is 11.9 Å². The average Bonchev–Trinajstić information content (AvgIpc) is 2.73. The van der Waals surface area contributed by atoms with Gasteiger partial charge in [0.25, 0.3) is 5.91 Å². The second kappa shape index (κ2) is 9.45.